The van der Waals surface area contributed by atoms with Crippen LogP contribution in [0.2, 0.25) is 0 Å². The Labute approximate surface area is 83.0 Å². The molecule has 0 amide bonds. The molecule has 0 saturated heterocycles. The maximum Gasteiger partial charge on any atom is 0.282 e. The lowest BCUT2D eigenvalue weighted by Crippen LogP contribution is -2.14. The number of sulfonamides is 1. The molecule has 0 saturated carbocycles. The Kier molecular flexibility index (Phi) is 3.22. The van der Waals surface area contributed by atoms with E-state index in [0.717, 1.165) is 6.42 Å². The van der Waals surface area contributed by atoms with Gasteiger partial charge >= 0.3 is 0 Å². The van der Waals surface area contributed by atoms with Crippen LogP contribution in [0.15, 0.2) is 5.16 Å². The van der Waals surface area contributed by atoms with Crippen LogP contribution in [0.5, 0.6) is 0 Å². The summed E-state index contributed by atoms with van der Waals surface area (Å²) in [5.41, 5.74) is 0. The lowest BCUT2D eigenvalue weighted by Gasteiger charge is -2.03. The van der Waals surface area contributed by atoms with E-state index in [1.165, 1.54) is 0 Å². The second kappa shape index (κ2) is 4.05. The molecule has 14 heavy (non-hydrogen) atoms. The molecule has 80 valence electrons. The Balaban J connectivity index is 2.79. The van der Waals surface area contributed by atoms with Gasteiger partial charge in [-0.1, -0.05) is 20.3 Å². The van der Waals surface area contributed by atoms with E-state index in [1.807, 2.05) is 0 Å². The molecule has 0 aliphatic rings. The molecule has 3 N–H and O–H groups in total. The van der Waals surface area contributed by atoms with Crippen molar-refractivity contribution in [1.82, 2.24) is 15.2 Å². The van der Waals surface area contributed by atoms with Gasteiger partial charge < -0.3 is 0 Å². The van der Waals surface area contributed by atoms with Crippen LogP contribution in [-0.4, -0.2) is 23.6 Å². The average Bonchev–Trinajstić information content (AvgIpc) is 2.51. The van der Waals surface area contributed by atoms with Crippen molar-refractivity contribution >= 4 is 10.0 Å². The number of H-pyrrole nitrogens is 1. The van der Waals surface area contributed by atoms with Crippen LogP contribution in [0.4, 0.5) is 0 Å². The lowest BCUT2D eigenvalue weighted by atomic mass is 10.1. The van der Waals surface area contributed by atoms with Gasteiger partial charge in [0, 0.05) is 6.42 Å². The number of primary sulfonamides is 1. The zero-order chi connectivity index (χ0) is 10.8. The Morgan fingerprint density at radius 2 is 2.21 bits per heavy atom. The van der Waals surface area contributed by atoms with Gasteiger partial charge in [0.15, 0.2) is 0 Å². The molecule has 0 aliphatic carbocycles. The van der Waals surface area contributed by atoms with Crippen LogP contribution in [0.25, 0.3) is 0 Å². The third-order valence-electron chi connectivity index (χ3n) is 2.00. The molecule has 0 spiro atoms. The molecule has 1 aromatic rings. The van der Waals surface area contributed by atoms with E-state index in [9.17, 15) is 8.42 Å². The number of aromatic nitrogens is 3. The van der Waals surface area contributed by atoms with Gasteiger partial charge in [0.05, 0.1) is 0 Å². The number of rotatable bonds is 4. The summed E-state index contributed by atoms with van der Waals surface area (Å²) in [7, 11) is -3.78. The fourth-order valence-electron chi connectivity index (χ4n) is 0.971. The van der Waals surface area contributed by atoms with Crippen molar-refractivity contribution in [2.24, 2.45) is 11.1 Å². The monoisotopic (exact) mass is 218 g/mol. The van der Waals surface area contributed by atoms with E-state index >= 15 is 0 Å². The highest BCUT2D eigenvalue weighted by atomic mass is 32.2. The number of nitrogens with two attached hydrogens (primary N) is 1. The quantitative estimate of drug-likeness (QED) is 0.744. The number of nitrogens with one attached hydrogen (secondary N) is 1. The summed E-state index contributed by atoms with van der Waals surface area (Å²) in [4.78, 5) is 3.79. The van der Waals surface area contributed by atoms with Crippen molar-refractivity contribution in [2.45, 2.75) is 31.8 Å². The van der Waals surface area contributed by atoms with Gasteiger partial charge in [-0.2, -0.15) is 0 Å². The number of hydrogen-bond donors (Lipinski definition) is 2. The zero-order valence-corrected chi connectivity index (χ0v) is 9.00. The molecular formula is C7H14N4O2S. The molecule has 7 heteroatoms. The van der Waals surface area contributed by atoms with Gasteiger partial charge in [-0.05, 0) is 5.92 Å². The molecule has 0 aromatic carbocycles. The minimum atomic E-state index is -3.78. The van der Waals surface area contributed by atoms with Gasteiger partial charge in [-0.15, -0.1) is 5.10 Å². The van der Waals surface area contributed by atoms with E-state index in [0.29, 0.717) is 18.2 Å². The SMILES string of the molecule is CCC(C)Cc1nc(S(N)(=O)=O)n[nH]1. The maximum absolute atomic E-state index is 10.8. The first kappa shape index (κ1) is 11.1. The summed E-state index contributed by atoms with van der Waals surface area (Å²) in [5, 5.41) is 10.6. The molecule has 1 aromatic heterocycles. The highest BCUT2D eigenvalue weighted by Crippen LogP contribution is 2.08. The summed E-state index contributed by atoms with van der Waals surface area (Å²) in [6, 6.07) is 0. The van der Waals surface area contributed by atoms with Crippen LogP contribution in [0, 0.1) is 5.92 Å². The van der Waals surface area contributed by atoms with Gasteiger partial charge in [0.25, 0.3) is 15.2 Å². The standard InChI is InChI=1S/C7H14N4O2S/c1-3-5(2)4-6-9-7(11-10-6)14(8,12)13/h5H,3-4H2,1-2H3,(H2,8,12,13)(H,9,10,11). The normalized spacial score (nSPS) is 14.2. The van der Waals surface area contributed by atoms with Gasteiger partial charge in [-0.25, -0.2) is 18.5 Å². The summed E-state index contributed by atoms with van der Waals surface area (Å²) in [6.07, 6.45) is 1.68. The molecule has 1 heterocycles. The Morgan fingerprint density at radius 1 is 1.57 bits per heavy atom. The van der Waals surface area contributed by atoms with E-state index in [1.54, 1.807) is 0 Å². The van der Waals surface area contributed by atoms with Gasteiger partial charge in [0.2, 0.25) is 0 Å². The summed E-state index contributed by atoms with van der Waals surface area (Å²) in [6.45, 7) is 4.11. The third-order valence-corrected chi connectivity index (χ3v) is 2.70. The van der Waals surface area contributed by atoms with Gasteiger partial charge in [0.1, 0.15) is 5.82 Å². The molecule has 6 nitrogen and oxygen atoms in total. The predicted octanol–water partition coefficient (Wildman–Crippen LogP) is 0.0407. The number of nitrogens with zero attached hydrogens (tertiary/aromatic N) is 2. The van der Waals surface area contributed by atoms with Crippen molar-refractivity contribution in [3.8, 4) is 0 Å². The first-order valence-electron chi connectivity index (χ1n) is 4.37. The molecule has 1 atom stereocenters. The Morgan fingerprint density at radius 3 is 2.64 bits per heavy atom. The van der Waals surface area contributed by atoms with Crippen LogP contribution >= 0.6 is 0 Å². The smallest absolute Gasteiger partial charge is 0.262 e. The molecule has 1 unspecified atom stereocenters. The van der Waals surface area contributed by atoms with Crippen LogP contribution in [0.3, 0.4) is 0 Å². The van der Waals surface area contributed by atoms with E-state index < -0.39 is 10.0 Å². The van der Waals surface area contributed by atoms with E-state index in [2.05, 4.69) is 29.0 Å². The molecule has 1 rings (SSSR count). The minimum absolute atomic E-state index is 0.337. The fourth-order valence-corrected chi connectivity index (χ4v) is 1.38. The van der Waals surface area contributed by atoms with Crippen LogP contribution in [-0.2, 0) is 16.4 Å². The summed E-state index contributed by atoms with van der Waals surface area (Å²) < 4.78 is 21.7. The highest BCUT2D eigenvalue weighted by molar-refractivity contribution is 7.89. The number of hydrogen-bond acceptors (Lipinski definition) is 4. The van der Waals surface area contributed by atoms with E-state index in [-0.39, 0.29) is 5.16 Å². The fraction of sp³-hybridized carbons (Fsp3) is 0.714. The van der Waals surface area contributed by atoms with Crippen molar-refractivity contribution in [1.29, 1.82) is 0 Å². The number of aromatic amines is 1. The van der Waals surface area contributed by atoms with Crippen molar-refractivity contribution in [3.63, 3.8) is 0 Å². The topological polar surface area (TPSA) is 102 Å². The van der Waals surface area contributed by atoms with Crippen molar-refractivity contribution < 1.29 is 8.42 Å². The molecule has 0 fully saturated rings. The van der Waals surface area contributed by atoms with Crippen molar-refractivity contribution in [3.05, 3.63) is 5.82 Å². The summed E-state index contributed by atoms with van der Waals surface area (Å²) >= 11 is 0. The molecule has 0 aliphatic heterocycles. The molecule has 0 bridgehead atoms. The van der Waals surface area contributed by atoms with E-state index in [4.69, 9.17) is 5.14 Å². The second-order valence-electron chi connectivity index (χ2n) is 3.33. The largest absolute Gasteiger partial charge is 0.282 e. The Bertz CT molecular complexity index is 398. The lowest BCUT2D eigenvalue weighted by molar-refractivity contribution is 0.543. The van der Waals surface area contributed by atoms with Gasteiger partial charge in [-0.3, -0.25) is 5.10 Å². The van der Waals surface area contributed by atoms with Crippen molar-refractivity contribution in [2.75, 3.05) is 0 Å². The maximum atomic E-state index is 10.8. The zero-order valence-electron chi connectivity index (χ0n) is 8.19. The van der Waals surface area contributed by atoms with Crippen LogP contribution in [0.1, 0.15) is 26.1 Å². The predicted molar refractivity (Wildman–Crippen MR) is 50.9 cm³/mol. The highest BCUT2D eigenvalue weighted by Gasteiger charge is 2.15. The summed E-state index contributed by atoms with van der Waals surface area (Å²) in [5.74, 6) is 1.000. The minimum Gasteiger partial charge on any atom is -0.262 e. The second-order valence-corrected chi connectivity index (χ2v) is 4.78. The first-order valence-corrected chi connectivity index (χ1v) is 5.92. The average molecular weight is 218 g/mol. The first-order chi connectivity index (χ1) is 6.43. The van der Waals surface area contributed by atoms with Crippen LogP contribution < -0.4 is 5.14 Å². The molecule has 0 radical (unpaired) electrons. The Hall–Kier alpha value is -0.950. The molecular weight excluding hydrogens is 204 g/mol. The third kappa shape index (κ3) is 2.78.